The van der Waals surface area contributed by atoms with E-state index in [-0.39, 0.29) is 0 Å². The fourth-order valence-corrected chi connectivity index (χ4v) is 5.53. The maximum Gasteiger partial charge on any atom is 0.227 e. The van der Waals surface area contributed by atoms with Gasteiger partial charge in [0.1, 0.15) is 23.8 Å². The highest BCUT2D eigenvalue weighted by molar-refractivity contribution is 6.12. The number of nitrogens with zero attached hydrogens (tertiary/aromatic N) is 2. The zero-order valence-electron chi connectivity index (χ0n) is 20.7. The van der Waals surface area contributed by atoms with E-state index >= 15 is 0 Å². The fourth-order valence-electron chi connectivity index (χ4n) is 5.53. The van der Waals surface area contributed by atoms with Gasteiger partial charge in [-0.05, 0) is 74.4 Å². The smallest absolute Gasteiger partial charge is 0.227 e. The predicted molar refractivity (Wildman–Crippen MR) is 145 cm³/mol. The van der Waals surface area contributed by atoms with Gasteiger partial charge in [-0.15, -0.1) is 0 Å². The molecule has 0 N–H and O–H groups in total. The maximum absolute atomic E-state index is 6.20. The lowest BCUT2D eigenvalue weighted by Gasteiger charge is -2.10. The van der Waals surface area contributed by atoms with E-state index in [4.69, 9.17) is 8.83 Å². The van der Waals surface area contributed by atoms with Gasteiger partial charge >= 0.3 is 0 Å². The average molecular weight is 470 g/mol. The Kier molecular flexibility index (Phi) is 4.37. The van der Waals surface area contributed by atoms with Gasteiger partial charge < -0.3 is 8.83 Å². The molecule has 36 heavy (non-hydrogen) atoms. The molecular formula is C32H25N2O2+. The van der Waals surface area contributed by atoms with Crippen LogP contribution in [-0.2, 0) is 7.05 Å². The molecule has 0 atom stereocenters. The topological polar surface area (TPSA) is 43.1 Å². The highest BCUT2D eigenvalue weighted by atomic mass is 16.3. The number of pyridine rings is 2. The van der Waals surface area contributed by atoms with Crippen molar-refractivity contribution in [2.75, 3.05) is 0 Å². The molecule has 0 amide bonds. The quantitative estimate of drug-likeness (QED) is 0.241. The molecule has 0 saturated heterocycles. The van der Waals surface area contributed by atoms with E-state index in [1.54, 1.807) is 0 Å². The number of benzene rings is 3. The second kappa shape index (κ2) is 7.53. The number of rotatable bonds is 2. The molecule has 0 spiro atoms. The summed E-state index contributed by atoms with van der Waals surface area (Å²) in [5, 5.41) is 4.45. The monoisotopic (exact) mass is 469 g/mol. The summed E-state index contributed by atoms with van der Waals surface area (Å²) in [6.45, 7) is 6.32. The molecule has 4 aromatic heterocycles. The molecule has 3 aromatic carbocycles. The minimum absolute atomic E-state index is 0.689. The van der Waals surface area contributed by atoms with Crippen LogP contribution < -0.4 is 4.57 Å². The number of hydrogen-bond acceptors (Lipinski definition) is 3. The molecule has 0 bridgehead atoms. The van der Waals surface area contributed by atoms with Crippen LogP contribution in [0, 0.1) is 20.8 Å². The molecule has 0 aliphatic carbocycles. The second-order valence-electron chi connectivity index (χ2n) is 9.65. The summed E-state index contributed by atoms with van der Waals surface area (Å²) in [4.78, 5) is 4.59. The van der Waals surface area contributed by atoms with Crippen molar-refractivity contribution in [1.29, 1.82) is 0 Å². The Morgan fingerprint density at radius 1 is 0.639 bits per heavy atom. The van der Waals surface area contributed by atoms with Gasteiger partial charge in [0.15, 0.2) is 0 Å². The highest BCUT2D eigenvalue weighted by Crippen LogP contribution is 2.39. The van der Waals surface area contributed by atoms with Crippen LogP contribution in [-0.4, -0.2) is 4.98 Å². The Morgan fingerprint density at radius 2 is 1.47 bits per heavy atom. The number of furan rings is 2. The minimum atomic E-state index is 0.689. The van der Waals surface area contributed by atoms with Gasteiger partial charge in [0.05, 0.1) is 11.1 Å². The predicted octanol–water partition coefficient (Wildman–Crippen LogP) is 7.96. The van der Waals surface area contributed by atoms with Crippen molar-refractivity contribution in [3.8, 4) is 22.5 Å². The second-order valence-corrected chi connectivity index (χ2v) is 9.65. The highest BCUT2D eigenvalue weighted by Gasteiger charge is 2.24. The van der Waals surface area contributed by atoms with E-state index < -0.39 is 0 Å². The third-order valence-electron chi connectivity index (χ3n) is 7.34. The fraction of sp³-hybridized carbons (Fsp3) is 0.125. The van der Waals surface area contributed by atoms with Crippen LogP contribution in [0.4, 0.5) is 0 Å². The zero-order chi connectivity index (χ0) is 24.6. The maximum atomic E-state index is 6.20. The molecule has 0 aliphatic heterocycles. The summed E-state index contributed by atoms with van der Waals surface area (Å²) < 4.78 is 14.7. The van der Waals surface area contributed by atoms with E-state index in [1.165, 1.54) is 16.7 Å². The molecule has 4 nitrogen and oxygen atoms in total. The molecule has 174 valence electrons. The van der Waals surface area contributed by atoms with Gasteiger partial charge in [0.2, 0.25) is 17.1 Å². The first kappa shape index (κ1) is 20.9. The van der Waals surface area contributed by atoms with Crippen molar-refractivity contribution in [2.24, 2.45) is 7.05 Å². The van der Waals surface area contributed by atoms with Gasteiger partial charge in [-0.1, -0.05) is 24.3 Å². The molecule has 0 fully saturated rings. The standard InChI is InChI=1S/C32H25N2O2/c1-18-12-15-28-31(22-8-5-6-11-27(22)35-28)30(18)26-10-7-9-25(34(26)4)23-17-29-24(16-19(23)2)21-14-13-20(3)33-32(21)36-29/h5-17H,1-4H3/q+1. The number of aryl methyl sites for hydroxylation is 3. The van der Waals surface area contributed by atoms with Crippen LogP contribution in [0.1, 0.15) is 16.8 Å². The van der Waals surface area contributed by atoms with Crippen molar-refractivity contribution in [2.45, 2.75) is 20.8 Å². The van der Waals surface area contributed by atoms with Gasteiger partial charge in [0.25, 0.3) is 0 Å². The summed E-state index contributed by atoms with van der Waals surface area (Å²) in [6.07, 6.45) is 0. The lowest BCUT2D eigenvalue weighted by Crippen LogP contribution is -2.34. The van der Waals surface area contributed by atoms with Crippen molar-refractivity contribution >= 4 is 44.0 Å². The van der Waals surface area contributed by atoms with E-state index in [2.05, 4.69) is 91.1 Å². The molecule has 0 radical (unpaired) electrons. The SMILES string of the molecule is Cc1ccc2c(n1)oc1cc(-c3cccc(-c4c(C)ccc5oc6ccccc6c45)[n+]3C)c(C)cc12. The third kappa shape index (κ3) is 2.94. The molecule has 0 saturated carbocycles. The molecule has 7 aromatic rings. The van der Waals surface area contributed by atoms with Gasteiger partial charge in [-0.2, -0.15) is 4.57 Å². The van der Waals surface area contributed by atoms with E-state index in [1.807, 2.05) is 25.1 Å². The molecule has 4 heteroatoms. The van der Waals surface area contributed by atoms with Crippen molar-refractivity contribution in [3.05, 3.63) is 95.7 Å². The van der Waals surface area contributed by atoms with Gasteiger partial charge in [-0.3, -0.25) is 0 Å². The third-order valence-corrected chi connectivity index (χ3v) is 7.34. The number of hydrogen-bond donors (Lipinski definition) is 0. The lowest BCUT2D eigenvalue weighted by molar-refractivity contribution is -0.649. The van der Waals surface area contributed by atoms with Crippen LogP contribution in [0.15, 0.2) is 87.7 Å². The van der Waals surface area contributed by atoms with Crippen LogP contribution in [0.2, 0.25) is 0 Å². The molecule has 0 unspecified atom stereocenters. The van der Waals surface area contributed by atoms with Crippen LogP contribution >= 0.6 is 0 Å². The summed E-state index contributed by atoms with van der Waals surface area (Å²) in [5.41, 5.74) is 11.3. The first-order valence-electron chi connectivity index (χ1n) is 12.2. The summed E-state index contributed by atoms with van der Waals surface area (Å²) in [5.74, 6) is 0. The first-order chi connectivity index (χ1) is 17.5. The number of fused-ring (bicyclic) bond motifs is 6. The van der Waals surface area contributed by atoms with Crippen LogP contribution in [0.5, 0.6) is 0 Å². The summed E-state index contributed by atoms with van der Waals surface area (Å²) in [7, 11) is 2.14. The Labute approximate surface area is 208 Å². The minimum Gasteiger partial charge on any atom is -0.456 e. The number of para-hydroxylation sites is 1. The van der Waals surface area contributed by atoms with E-state index in [9.17, 15) is 0 Å². The largest absolute Gasteiger partial charge is 0.456 e. The summed E-state index contributed by atoms with van der Waals surface area (Å²) in [6, 6.07) is 27.5. The Bertz CT molecular complexity index is 1990. The van der Waals surface area contributed by atoms with Crippen molar-refractivity contribution in [1.82, 2.24) is 4.98 Å². The first-order valence-corrected chi connectivity index (χ1v) is 12.2. The zero-order valence-corrected chi connectivity index (χ0v) is 20.7. The van der Waals surface area contributed by atoms with Crippen LogP contribution in [0.25, 0.3) is 66.5 Å². The van der Waals surface area contributed by atoms with Crippen molar-refractivity contribution < 1.29 is 13.4 Å². The van der Waals surface area contributed by atoms with Gasteiger partial charge in [-0.25, -0.2) is 4.98 Å². The summed E-state index contributed by atoms with van der Waals surface area (Å²) >= 11 is 0. The number of aromatic nitrogens is 2. The molecular weight excluding hydrogens is 444 g/mol. The Hall–Kier alpha value is -4.44. The Morgan fingerprint density at radius 3 is 2.36 bits per heavy atom. The molecule has 4 heterocycles. The Balaban J connectivity index is 1.49. The van der Waals surface area contributed by atoms with Crippen LogP contribution in [0.3, 0.4) is 0 Å². The van der Waals surface area contributed by atoms with E-state index in [0.29, 0.717) is 5.71 Å². The normalized spacial score (nSPS) is 11.9. The van der Waals surface area contributed by atoms with Gasteiger partial charge in [0, 0.05) is 39.4 Å². The van der Waals surface area contributed by atoms with E-state index in [0.717, 1.165) is 60.9 Å². The average Bonchev–Trinajstić information content (AvgIpc) is 3.41. The molecule has 0 aliphatic rings. The molecule has 7 rings (SSSR count). The lowest BCUT2D eigenvalue weighted by atomic mass is 9.96. The van der Waals surface area contributed by atoms with Crippen molar-refractivity contribution in [3.63, 3.8) is 0 Å².